The monoisotopic (exact) mass is 482 g/mol. The Morgan fingerprint density at radius 2 is 1.82 bits per heavy atom. The molecular weight excluding hydrogens is 456 g/mol. The van der Waals surface area contributed by atoms with Crippen LogP contribution in [0.15, 0.2) is 47.4 Å². The number of hydrogen-bond acceptors (Lipinski definition) is 6. The number of carbonyl (C=O) groups excluding carboxylic acids is 2. The Bertz CT molecular complexity index is 1360. The summed E-state index contributed by atoms with van der Waals surface area (Å²) in [6, 6.07) is 11.7. The highest BCUT2D eigenvalue weighted by Gasteiger charge is 2.28. The fourth-order valence-corrected chi connectivity index (χ4v) is 5.20. The molecule has 0 unspecified atom stereocenters. The van der Waals surface area contributed by atoms with Crippen molar-refractivity contribution in [2.75, 3.05) is 16.6 Å². The molecule has 4 rings (SSSR count). The largest absolute Gasteiger partial charge is 0.494 e. The third kappa shape index (κ3) is 4.54. The van der Waals surface area contributed by atoms with E-state index in [0.717, 1.165) is 0 Å². The average molecular weight is 483 g/mol. The molecule has 1 aliphatic rings. The summed E-state index contributed by atoms with van der Waals surface area (Å²) >= 11 is 0. The summed E-state index contributed by atoms with van der Waals surface area (Å²) < 4.78 is 35.8. The fourth-order valence-electron chi connectivity index (χ4n) is 3.87. The van der Waals surface area contributed by atoms with Crippen LogP contribution < -0.4 is 14.8 Å². The Morgan fingerprint density at radius 1 is 1.09 bits per heavy atom. The van der Waals surface area contributed by atoms with Gasteiger partial charge < -0.3 is 10.1 Å². The Hall–Kier alpha value is -3.66. The van der Waals surface area contributed by atoms with E-state index in [2.05, 4.69) is 15.1 Å². The SMILES string of the molecule is CCOc1ccc(NS(=O)(=O)c2cc(-c3c(CC)nn4c3NC(=O)CCC4=O)ccc2C)cc1. The van der Waals surface area contributed by atoms with Crippen molar-refractivity contribution in [1.29, 1.82) is 0 Å². The van der Waals surface area contributed by atoms with Gasteiger partial charge in [0.25, 0.3) is 10.0 Å². The number of amides is 1. The molecule has 0 saturated heterocycles. The first kappa shape index (κ1) is 23.5. The number of benzene rings is 2. The lowest BCUT2D eigenvalue weighted by Gasteiger charge is -2.14. The summed E-state index contributed by atoms with van der Waals surface area (Å²) in [5, 5.41) is 7.17. The van der Waals surface area contributed by atoms with Crippen molar-refractivity contribution in [3.05, 3.63) is 53.7 Å². The summed E-state index contributed by atoms with van der Waals surface area (Å²) in [7, 11) is -3.92. The predicted octanol–water partition coefficient (Wildman–Crippen LogP) is 3.99. The molecule has 0 bridgehead atoms. The molecule has 2 heterocycles. The molecule has 2 aromatic carbocycles. The number of fused-ring (bicyclic) bond motifs is 1. The van der Waals surface area contributed by atoms with Gasteiger partial charge >= 0.3 is 0 Å². The second kappa shape index (κ2) is 9.30. The maximum Gasteiger partial charge on any atom is 0.262 e. The van der Waals surface area contributed by atoms with Gasteiger partial charge in [-0.25, -0.2) is 8.42 Å². The molecule has 178 valence electrons. The number of carbonyl (C=O) groups is 2. The quantitative estimate of drug-likeness (QED) is 0.525. The summed E-state index contributed by atoms with van der Waals surface area (Å²) in [5.41, 5.74) is 2.64. The maximum absolute atomic E-state index is 13.3. The van der Waals surface area contributed by atoms with Crippen molar-refractivity contribution in [2.45, 2.75) is 44.9 Å². The highest BCUT2D eigenvalue weighted by atomic mass is 32.2. The van der Waals surface area contributed by atoms with Gasteiger partial charge in [-0.2, -0.15) is 9.78 Å². The van der Waals surface area contributed by atoms with Crippen LogP contribution in [0.1, 0.15) is 42.7 Å². The minimum absolute atomic E-state index is 0.0582. The molecule has 3 aromatic rings. The Kier molecular flexibility index (Phi) is 6.43. The van der Waals surface area contributed by atoms with Crippen LogP contribution in [0.5, 0.6) is 5.75 Å². The molecule has 0 fully saturated rings. The first-order valence-corrected chi connectivity index (χ1v) is 12.5. The number of sulfonamides is 1. The third-order valence-electron chi connectivity index (χ3n) is 5.54. The number of rotatable bonds is 7. The van der Waals surface area contributed by atoms with E-state index in [1.54, 1.807) is 49.4 Å². The Morgan fingerprint density at radius 3 is 2.50 bits per heavy atom. The van der Waals surface area contributed by atoms with Crippen LogP contribution in [0, 0.1) is 6.92 Å². The zero-order valence-electron chi connectivity index (χ0n) is 19.2. The van der Waals surface area contributed by atoms with E-state index in [1.807, 2.05) is 13.8 Å². The van der Waals surface area contributed by atoms with Crippen LogP contribution in [0.4, 0.5) is 11.5 Å². The smallest absolute Gasteiger partial charge is 0.262 e. The van der Waals surface area contributed by atoms with E-state index in [-0.39, 0.29) is 35.4 Å². The zero-order chi connectivity index (χ0) is 24.5. The van der Waals surface area contributed by atoms with Crippen molar-refractivity contribution in [3.8, 4) is 16.9 Å². The van der Waals surface area contributed by atoms with Crippen molar-refractivity contribution >= 4 is 33.3 Å². The second-order valence-corrected chi connectivity index (χ2v) is 9.57. The lowest BCUT2D eigenvalue weighted by molar-refractivity contribution is -0.116. The van der Waals surface area contributed by atoms with Crippen molar-refractivity contribution < 1.29 is 22.7 Å². The zero-order valence-corrected chi connectivity index (χ0v) is 20.0. The number of hydrogen-bond donors (Lipinski definition) is 2. The predicted molar refractivity (Wildman–Crippen MR) is 129 cm³/mol. The van der Waals surface area contributed by atoms with Gasteiger partial charge in [-0.1, -0.05) is 19.1 Å². The van der Waals surface area contributed by atoms with Gasteiger partial charge in [-0.15, -0.1) is 0 Å². The van der Waals surface area contributed by atoms with E-state index >= 15 is 0 Å². The highest BCUT2D eigenvalue weighted by Crippen LogP contribution is 2.36. The normalized spacial score (nSPS) is 13.7. The molecule has 0 saturated carbocycles. The lowest BCUT2D eigenvalue weighted by Crippen LogP contribution is -2.15. The van der Waals surface area contributed by atoms with E-state index in [0.29, 0.717) is 46.8 Å². The molecule has 9 nitrogen and oxygen atoms in total. The molecule has 34 heavy (non-hydrogen) atoms. The van der Waals surface area contributed by atoms with Gasteiger partial charge in [0.1, 0.15) is 11.6 Å². The molecule has 10 heteroatoms. The summed E-state index contributed by atoms with van der Waals surface area (Å²) in [6.45, 7) is 5.98. The lowest BCUT2D eigenvalue weighted by atomic mass is 10.0. The topological polar surface area (TPSA) is 119 Å². The van der Waals surface area contributed by atoms with Gasteiger partial charge in [0.2, 0.25) is 11.8 Å². The van der Waals surface area contributed by atoms with Crippen LogP contribution in [-0.2, 0) is 21.2 Å². The standard InChI is InChI=1S/C24H26N4O5S/c1-4-19-23(24-25-21(29)12-13-22(30)28(24)26-19)16-7-6-15(3)20(14-16)34(31,32)27-17-8-10-18(11-9-17)33-5-2/h6-11,14,27H,4-5,12-13H2,1-3H3,(H,25,29). The summed E-state index contributed by atoms with van der Waals surface area (Å²) in [4.78, 5) is 24.8. The minimum atomic E-state index is -3.92. The van der Waals surface area contributed by atoms with Crippen LogP contribution in [0.2, 0.25) is 0 Å². The minimum Gasteiger partial charge on any atom is -0.494 e. The molecular formula is C24H26N4O5S. The Balaban J connectivity index is 1.76. The van der Waals surface area contributed by atoms with E-state index in [9.17, 15) is 18.0 Å². The second-order valence-electron chi connectivity index (χ2n) is 7.92. The summed E-state index contributed by atoms with van der Waals surface area (Å²) in [5.74, 6) is 0.352. The molecule has 1 aromatic heterocycles. The summed E-state index contributed by atoms with van der Waals surface area (Å²) in [6.07, 6.45) is 0.629. The van der Waals surface area contributed by atoms with Crippen LogP contribution in [0.3, 0.4) is 0 Å². The molecule has 1 amide bonds. The van der Waals surface area contributed by atoms with Crippen LogP contribution in [-0.4, -0.2) is 36.6 Å². The van der Waals surface area contributed by atoms with Crippen molar-refractivity contribution in [2.24, 2.45) is 0 Å². The van der Waals surface area contributed by atoms with Gasteiger partial charge in [-0.05, 0) is 61.7 Å². The van der Waals surface area contributed by atoms with Crippen LogP contribution >= 0.6 is 0 Å². The molecule has 2 N–H and O–H groups in total. The van der Waals surface area contributed by atoms with Crippen molar-refractivity contribution in [3.63, 3.8) is 0 Å². The van der Waals surface area contributed by atoms with Gasteiger partial charge in [-0.3, -0.25) is 14.3 Å². The van der Waals surface area contributed by atoms with Gasteiger partial charge in [0.15, 0.2) is 0 Å². The molecule has 0 spiro atoms. The van der Waals surface area contributed by atoms with Crippen LogP contribution in [0.25, 0.3) is 11.1 Å². The Labute approximate surface area is 198 Å². The molecule has 1 aliphatic heterocycles. The highest BCUT2D eigenvalue weighted by molar-refractivity contribution is 7.92. The fraction of sp³-hybridized carbons (Fsp3) is 0.292. The molecule has 0 radical (unpaired) electrons. The number of nitrogens with one attached hydrogen (secondary N) is 2. The molecule has 0 atom stereocenters. The first-order valence-electron chi connectivity index (χ1n) is 11.0. The average Bonchev–Trinajstić information content (AvgIpc) is 3.10. The number of aromatic nitrogens is 2. The number of nitrogens with zero attached hydrogens (tertiary/aromatic N) is 2. The van der Waals surface area contributed by atoms with E-state index in [1.165, 1.54) is 4.68 Å². The number of anilines is 2. The maximum atomic E-state index is 13.3. The number of ether oxygens (including phenoxy) is 1. The number of aryl methyl sites for hydroxylation is 2. The third-order valence-corrected chi connectivity index (χ3v) is 7.06. The van der Waals surface area contributed by atoms with Gasteiger partial charge in [0, 0.05) is 24.1 Å². The van der Waals surface area contributed by atoms with Crippen molar-refractivity contribution in [1.82, 2.24) is 9.78 Å². The van der Waals surface area contributed by atoms with E-state index < -0.39 is 10.0 Å². The first-order chi connectivity index (χ1) is 16.2. The van der Waals surface area contributed by atoms with Gasteiger partial charge in [0.05, 0.1) is 17.2 Å². The van der Waals surface area contributed by atoms with E-state index in [4.69, 9.17) is 4.74 Å². The molecule has 0 aliphatic carbocycles.